The zero-order chi connectivity index (χ0) is 13.3. The van der Waals surface area contributed by atoms with E-state index in [1.54, 1.807) is 18.2 Å². The van der Waals surface area contributed by atoms with Crippen molar-refractivity contribution in [3.05, 3.63) is 23.8 Å². The molecule has 1 heterocycles. The van der Waals surface area contributed by atoms with E-state index in [0.29, 0.717) is 24.5 Å². The van der Waals surface area contributed by atoms with Crippen molar-refractivity contribution >= 4 is 17.3 Å². The van der Waals surface area contributed by atoms with E-state index >= 15 is 0 Å². The van der Waals surface area contributed by atoms with E-state index in [2.05, 4.69) is 0 Å². The first-order valence-electron chi connectivity index (χ1n) is 6.00. The number of ether oxygens (including phenoxy) is 1. The van der Waals surface area contributed by atoms with Gasteiger partial charge in [0, 0.05) is 18.8 Å². The number of hydrogen-bond acceptors (Lipinski definition) is 4. The summed E-state index contributed by atoms with van der Waals surface area (Å²) in [7, 11) is 0. The van der Waals surface area contributed by atoms with Crippen molar-refractivity contribution in [1.29, 1.82) is 0 Å². The van der Waals surface area contributed by atoms with E-state index in [1.807, 2.05) is 18.7 Å². The molecule has 1 aromatic rings. The summed E-state index contributed by atoms with van der Waals surface area (Å²) in [6, 6.07) is 4.88. The molecule has 0 amide bonds. The Labute approximate surface area is 106 Å². The van der Waals surface area contributed by atoms with Gasteiger partial charge in [-0.1, -0.05) is 0 Å². The topological polar surface area (TPSA) is 75.8 Å². The molecule has 0 unspecified atom stereocenters. The maximum atomic E-state index is 11.2. The lowest BCUT2D eigenvalue weighted by atomic mass is 10.1. The van der Waals surface area contributed by atoms with Crippen molar-refractivity contribution in [3.8, 4) is 0 Å². The molecule has 0 aliphatic carbocycles. The number of carbonyl (C=O) groups is 1. The van der Waals surface area contributed by atoms with Crippen LogP contribution < -0.4 is 10.6 Å². The first-order chi connectivity index (χ1) is 8.47. The Bertz CT molecular complexity index is 452. The highest BCUT2D eigenvalue weighted by atomic mass is 16.5. The number of anilines is 2. The van der Waals surface area contributed by atoms with E-state index in [4.69, 9.17) is 10.5 Å². The third-order valence-electron chi connectivity index (χ3n) is 3.01. The molecule has 1 aliphatic rings. The second-order valence-electron chi connectivity index (χ2n) is 4.74. The smallest absolute Gasteiger partial charge is 0.337 e. The largest absolute Gasteiger partial charge is 0.478 e. The molecule has 3 N–H and O–H groups in total. The van der Waals surface area contributed by atoms with Crippen molar-refractivity contribution in [3.63, 3.8) is 0 Å². The summed E-state index contributed by atoms with van der Waals surface area (Å²) in [5, 5.41) is 9.22. The number of nitrogen functional groups attached to an aromatic ring is 1. The minimum absolute atomic E-state index is 0.0804. The molecule has 2 atom stereocenters. The van der Waals surface area contributed by atoms with Gasteiger partial charge in [0.05, 0.1) is 23.5 Å². The van der Waals surface area contributed by atoms with Gasteiger partial charge >= 0.3 is 5.97 Å². The lowest BCUT2D eigenvalue weighted by Gasteiger charge is -2.37. The van der Waals surface area contributed by atoms with Crippen LogP contribution in [0, 0.1) is 0 Å². The van der Waals surface area contributed by atoms with Crippen LogP contribution in [0.4, 0.5) is 11.4 Å². The Balaban J connectivity index is 2.36. The zero-order valence-corrected chi connectivity index (χ0v) is 10.6. The van der Waals surface area contributed by atoms with Crippen LogP contribution in [0.5, 0.6) is 0 Å². The van der Waals surface area contributed by atoms with E-state index in [1.165, 1.54) is 0 Å². The predicted molar refractivity (Wildman–Crippen MR) is 70.0 cm³/mol. The minimum atomic E-state index is -0.934. The van der Waals surface area contributed by atoms with E-state index in [-0.39, 0.29) is 17.8 Å². The van der Waals surface area contributed by atoms with Gasteiger partial charge in [-0.15, -0.1) is 0 Å². The van der Waals surface area contributed by atoms with Crippen LogP contribution >= 0.6 is 0 Å². The second-order valence-corrected chi connectivity index (χ2v) is 4.74. The van der Waals surface area contributed by atoms with Gasteiger partial charge in [0.1, 0.15) is 0 Å². The second kappa shape index (κ2) is 4.86. The number of rotatable bonds is 2. The highest BCUT2D eigenvalue weighted by Gasteiger charge is 2.25. The quantitative estimate of drug-likeness (QED) is 0.779. The standard InChI is InChI=1S/C13H18N2O3/c1-8-6-15(7-9(2)18-8)12-5-10(14)3-4-11(12)13(16)17/h3-5,8-9H,6-7,14H2,1-2H3,(H,16,17)/t8-,9+. The number of carboxylic acids is 1. The lowest BCUT2D eigenvalue weighted by Crippen LogP contribution is -2.46. The monoisotopic (exact) mass is 250 g/mol. The first kappa shape index (κ1) is 12.7. The fourth-order valence-corrected chi connectivity index (χ4v) is 2.37. The van der Waals surface area contributed by atoms with E-state index < -0.39 is 5.97 Å². The number of carboxylic acid groups (broad SMARTS) is 1. The number of benzene rings is 1. The van der Waals surface area contributed by atoms with Crippen molar-refractivity contribution in [2.75, 3.05) is 23.7 Å². The Kier molecular flexibility index (Phi) is 3.43. The van der Waals surface area contributed by atoms with Crippen LogP contribution in [0.2, 0.25) is 0 Å². The summed E-state index contributed by atoms with van der Waals surface area (Å²) in [4.78, 5) is 13.3. The molecule has 1 aliphatic heterocycles. The maximum Gasteiger partial charge on any atom is 0.337 e. The molecule has 1 aromatic carbocycles. The number of hydrogen-bond donors (Lipinski definition) is 2. The molecule has 0 saturated carbocycles. The molecule has 1 fully saturated rings. The van der Waals surface area contributed by atoms with Gasteiger partial charge in [0.25, 0.3) is 0 Å². The molecule has 18 heavy (non-hydrogen) atoms. The summed E-state index contributed by atoms with van der Waals surface area (Å²) in [6.45, 7) is 5.31. The molecule has 0 aromatic heterocycles. The first-order valence-corrected chi connectivity index (χ1v) is 6.00. The van der Waals surface area contributed by atoms with E-state index in [0.717, 1.165) is 0 Å². The summed E-state index contributed by atoms with van der Waals surface area (Å²) >= 11 is 0. The van der Waals surface area contributed by atoms with Crippen LogP contribution in [0.3, 0.4) is 0 Å². The summed E-state index contributed by atoms with van der Waals surface area (Å²) in [5.74, 6) is -0.934. The normalized spacial score (nSPS) is 24.0. The zero-order valence-electron chi connectivity index (χ0n) is 10.6. The SMILES string of the molecule is C[C@@H]1CN(c2cc(N)ccc2C(=O)O)C[C@H](C)O1. The summed E-state index contributed by atoms with van der Waals surface area (Å²) in [6.07, 6.45) is 0.161. The molecule has 5 nitrogen and oxygen atoms in total. The van der Waals surface area contributed by atoms with Crippen molar-refractivity contribution in [1.82, 2.24) is 0 Å². The molecule has 5 heteroatoms. The number of morpholine rings is 1. The van der Waals surface area contributed by atoms with E-state index in [9.17, 15) is 9.90 Å². The summed E-state index contributed by atoms with van der Waals surface area (Å²) in [5.41, 5.74) is 7.28. The third-order valence-corrected chi connectivity index (χ3v) is 3.01. The number of nitrogens with zero attached hydrogens (tertiary/aromatic N) is 1. The molecule has 98 valence electrons. The molecule has 0 radical (unpaired) electrons. The van der Waals surface area contributed by atoms with Gasteiger partial charge in [0.15, 0.2) is 0 Å². The van der Waals surface area contributed by atoms with Gasteiger partial charge < -0.3 is 20.5 Å². The van der Waals surface area contributed by atoms with Gasteiger partial charge in [-0.05, 0) is 32.0 Å². The molecule has 0 spiro atoms. The van der Waals surface area contributed by atoms with Crippen LogP contribution in [-0.4, -0.2) is 36.4 Å². The Morgan fingerprint density at radius 3 is 2.56 bits per heavy atom. The Morgan fingerprint density at radius 1 is 1.39 bits per heavy atom. The van der Waals surface area contributed by atoms with Gasteiger partial charge in [-0.25, -0.2) is 4.79 Å². The van der Waals surface area contributed by atoms with Crippen LogP contribution in [0.1, 0.15) is 24.2 Å². The number of nitrogens with two attached hydrogens (primary N) is 1. The third kappa shape index (κ3) is 2.56. The highest BCUT2D eigenvalue weighted by molar-refractivity contribution is 5.95. The lowest BCUT2D eigenvalue weighted by molar-refractivity contribution is -0.00531. The van der Waals surface area contributed by atoms with Crippen molar-refractivity contribution in [2.24, 2.45) is 0 Å². The molecule has 1 saturated heterocycles. The maximum absolute atomic E-state index is 11.2. The number of aromatic carboxylic acids is 1. The predicted octanol–water partition coefficient (Wildman–Crippen LogP) is 1.58. The molecular formula is C13H18N2O3. The van der Waals surface area contributed by atoms with Crippen LogP contribution in [0.15, 0.2) is 18.2 Å². The summed E-state index contributed by atoms with van der Waals surface area (Å²) < 4.78 is 5.65. The Morgan fingerprint density at radius 2 is 2.00 bits per heavy atom. The Hall–Kier alpha value is -1.75. The van der Waals surface area contributed by atoms with Crippen LogP contribution in [0.25, 0.3) is 0 Å². The van der Waals surface area contributed by atoms with Gasteiger partial charge in [-0.2, -0.15) is 0 Å². The molecule has 2 rings (SSSR count). The van der Waals surface area contributed by atoms with Crippen LogP contribution in [-0.2, 0) is 4.74 Å². The average molecular weight is 250 g/mol. The van der Waals surface area contributed by atoms with Crippen molar-refractivity contribution in [2.45, 2.75) is 26.1 Å². The minimum Gasteiger partial charge on any atom is -0.478 e. The van der Waals surface area contributed by atoms with Crippen molar-refractivity contribution < 1.29 is 14.6 Å². The highest BCUT2D eigenvalue weighted by Crippen LogP contribution is 2.26. The average Bonchev–Trinajstić information content (AvgIpc) is 2.27. The molecule has 0 bridgehead atoms. The fourth-order valence-electron chi connectivity index (χ4n) is 2.37. The van der Waals surface area contributed by atoms with Gasteiger partial charge in [0.2, 0.25) is 0 Å². The molecular weight excluding hydrogens is 232 g/mol. The fraction of sp³-hybridized carbons (Fsp3) is 0.462. The van der Waals surface area contributed by atoms with Gasteiger partial charge in [-0.3, -0.25) is 0 Å².